The number of aromatic nitrogens is 6. The third-order valence-electron chi connectivity index (χ3n) is 5.21. The summed E-state index contributed by atoms with van der Waals surface area (Å²) in [6.45, 7) is 3.81. The maximum atomic E-state index is 13.3. The smallest absolute Gasteiger partial charge is 0.259 e. The third-order valence-corrected chi connectivity index (χ3v) is 5.21. The Morgan fingerprint density at radius 1 is 1.03 bits per heavy atom. The number of aryl methyl sites for hydroxylation is 3. The number of hydrogen-bond acceptors (Lipinski definition) is 7. The minimum atomic E-state index is -0.287. The summed E-state index contributed by atoms with van der Waals surface area (Å²) in [6, 6.07) is 17.0. The van der Waals surface area contributed by atoms with E-state index in [2.05, 4.69) is 31.0 Å². The summed E-state index contributed by atoms with van der Waals surface area (Å²) in [6.07, 6.45) is 0. The molecule has 3 aromatic heterocycles. The van der Waals surface area contributed by atoms with Crippen LogP contribution in [0.15, 0.2) is 59.1 Å². The van der Waals surface area contributed by atoms with Crippen molar-refractivity contribution in [3.05, 3.63) is 71.4 Å². The second-order valence-corrected chi connectivity index (χ2v) is 7.53. The molecule has 5 aromatic rings. The van der Waals surface area contributed by atoms with Crippen LogP contribution in [0.1, 0.15) is 21.6 Å². The number of amides is 1. The standard InChI is InChI=1S/C23H19N7O2/c1-13-7-9-15(10-8-13)19-12-18(20-14(2)27-32-23(20)25-19)22(31)24-17-6-4-5-16(11-17)21-26-28-29-30(21)3/h4-12H,1-3H3,(H,24,31). The molecule has 158 valence electrons. The van der Waals surface area contributed by atoms with Crippen LogP contribution in [0.25, 0.3) is 33.7 Å². The van der Waals surface area contributed by atoms with Gasteiger partial charge < -0.3 is 9.84 Å². The van der Waals surface area contributed by atoms with Gasteiger partial charge in [-0.05, 0) is 42.5 Å². The summed E-state index contributed by atoms with van der Waals surface area (Å²) in [5.74, 6) is 0.314. The fourth-order valence-corrected chi connectivity index (χ4v) is 3.55. The SMILES string of the molecule is Cc1ccc(-c2cc(C(=O)Nc3cccc(-c4nnnn4C)c3)c3c(C)noc3n2)cc1. The van der Waals surface area contributed by atoms with Gasteiger partial charge in [-0.15, -0.1) is 5.10 Å². The Morgan fingerprint density at radius 3 is 2.59 bits per heavy atom. The summed E-state index contributed by atoms with van der Waals surface area (Å²) >= 11 is 0. The Kier molecular flexibility index (Phi) is 4.70. The maximum Gasteiger partial charge on any atom is 0.259 e. The van der Waals surface area contributed by atoms with E-state index in [0.29, 0.717) is 39.6 Å². The average molecular weight is 425 g/mol. The highest BCUT2D eigenvalue weighted by Crippen LogP contribution is 2.28. The molecule has 2 aromatic carbocycles. The minimum absolute atomic E-state index is 0.287. The molecular weight excluding hydrogens is 406 g/mol. The molecule has 0 radical (unpaired) electrons. The number of carbonyl (C=O) groups excluding carboxylic acids is 1. The Labute approximate surface area is 183 Å². The molecule has 9 heteroatoms. The van der Waals surface area contributed by atoms with Crippen LogP contribution in [-0.4, -0.2) is 36.3 Å². The van der Waals surface area contributed by atoms with Crippen LogP contribution in [0.4, 0.5) is 5.69 Å². The topological polar surface area (TPSA) is 112 Å². The molecule has 0 saturated carbocycles. The molecule has 1 N–H and O–H groups in total. The lowest BCUT2D eigenvalue weighted by Crippen LogP contribution is -2.13. The lowest BCUT2D eigenvalue weighted by Gasteiger charge is -2.09. The summed E-state index contributed by atoms with van der Waals surface area (Å²) in [7, 11) is 1.76. The predicted molar refractivity (Wildman–Crippen MR) is 119 cm³/mol. The van der Waals surface area contributed by atoms with Crippen molar-refractivity contribution in [3.8, 4) is 22.6 Å². The zero-order valence-corrected chi connectivity index (χ0v) is 17.7. The molecular formula is C23H19N7O2. The number of benzene rings is 2. The van der Waals surface area contributed by atoms with Crippen molar-refractivity contribution in [1.29, 1.82) is 0 Å². The Morgan fingerprint density at radius 2 is 1.84 bits per heavy atom. The van der Waals surface area contributed by atoms with E-state index in [4.69, 9.17) is 4.52 Å². The second-order valence-electron chi connectivity index (χ2n) is 7.53. The van der Waals surface area contributed by atoms with Crippen molar-refractivity contribution in [3.63, 3.8) is 0 Å². The molecule has 0 atom stereocenters. The number of tetrazole rings is 1. The van der Waals surface area contributed by atoms with Crippen LogP contribution >= 0.6 is 0 Å². The largest absolute Gasteiger partial charge is 0.335 e. The first-order valence-corrected chi connectivity index (χ1v) is 9.98. The van der Waals surface area contributed by atoms with Crippen molar-refractivity contribution >= 4 is 22.7 Å². The molecule has 0 spiro atoms. The van der Waals surface area contributed by atoms with E-state index >= 15 is 0 Å². The van der Waals surface area contributed by atoms with Gasteiger partial charge >= 0.3 is 0 Å². The molecule has 0 aliphatic rings. The first-order chi connectivity index (χ1) is 15.5. The number of carbonyl (C=O) groups is 1. The van der Waals surface area contributed by atoms with Crippen LogP contribution < -0.4 is 5.32 Å². The molecule has 0 aliphatic heterocycles. The summed E-state index contributed by atoms with van der Waals surface area (Å²) in [5.41, 5.74) is 5.44. The van der Waals surface area contributed by atoms with Crippen molar-refractivity contribution in [2.45, 2.75) is 13.8 Å². The highest BCUT2D eigenvalue weighted by atomic mass is 16.5. The molecule has 0 saturated heterocycles. The van der Waals surface area contributed by atoms with E-state index in [-0.39, 0.29) is 5.91 Å². The van der Waals surface area contributed by atoms with Gasteiger partial charge in [0.2, 0.25) is 0 Å². The molecule has 0 bridgehead atoms. The normalized spacial score (nSPS) is 11.1. The molecule has 9 nitrogen and oxygen atoms in total. The highest BCUT2D eigenvalue weighted by Gasteiger charge is 2.20. The van der Waals surface area contributed by atoms with E-state index in [9.17, 15) is 4.79 Å². The predicted octanol–water partition coefficient (Wildman–Crippen LogP) is 3.95. The van der Waals surface area contributed by atoms with Gasteiger partial charge in [0.15, 0.2) is 5.82 Å². The number of rotatable bonds is 4. The number of hydrogen-bond donors (Lipinski definition) is 1. The van der Waals surface area contributed by atoms with E-state index in [0.717, 1.165) is 16.7 Å². The zero-order chi connectivity index (χ0) is 22.2. The molecule has 3 heterocycles. The van der Waals surface area contributed by atoms with Gasteiger partial charge in [-0.3, -0.25) is 4.79 Å². The van der Waals surface area contributed by atoms with Gasteiger partial charge in [0.1, 0.15) is 0 Å². The second kappa shape index (κ2) is 7.69. The van der Waals surface area contributed by atoms with Crippen molar-refractivity contribution < 1.29 is 9.32 Å². The summed E-state index contributed by atoms with van der Waals surface area (Å²) in [4.78, 5) is 17.9. The molecule has 0 unspecified atom stereocenters. The van der Waals surface area contributed by atoms with Crippen LogP contribution in [0, 0.1) is 13.8 Å². The summed E-state index contributed by atoms with van der Waals surface area (Å²) in [5, 5.41) is 19.1. The van der Waals surface area contributed by atoms with Crippen LogP contribution in [0.3, 0.4) is 0 Å². The van der Waals surface area contributed by atoms with E-state index < -0.39 is 0 Å². The fourth-order valence-electron chi connectivity index (χ4n) is 3.55. The third kappa shape index (κ3) is 3.49. The van der Waals surface area contributed by atoms with Crippen LogP contribution in [0.5, 0.6) is 0 Å². The van der Waals surface area contributed by atoms with Crippen LogP contribution in [0.2, 0.25) is 0 Å². The molecule has 32 heavy (non-hydrogen) atoms. The quantitative estimate of drug-likeness (QED) is 0.464. The van der Waals surface area contributed by atoms with Gasteiger partial charge in [-0.2, -0.15) is 0 Å². The van der Waals surface area contributed by atoms with Crippen LogP contribution in [-0.2, 0) is 7.05 Å². The molecule has 0 aliphatic carbocycles. The lowest BCUT2D eigenvalue weighted by atomic mass is 10.0. The van der Waals surface area contributed by atoms with Gasteiger partial charge in [-0.25, -0.2) is 9.67 Å². The minimum Gasteiger partial charge on any atom is -0.335 e. The van der Waals surface area contributed by atoms with Crippen molar-refractivity contribution in [1.82, 2.24) is 30.3 Å². The van der Waals surface area contributed by atoms with E-state index in [1.54, 1.807) is 24.7 Å². The number of nitrogens with zero attached hydrogens (tertiary/aromatic N) is 6. The Balaban J connectivity index is 1.54. The first kappa shape index (κ1) is 19.6. The Hall–Kier alpha value is -4.40. The number of anilines is 1. The summed E-state index contributed by atoms with van der Waals surface area (Å²) < 4.78 is 6.96. The fraction of sp³-hybridized carbons (Fsp3) is 0.130. The molecule has 1 amide bonds. The zero-order valence-electron chi connectivity index (χ0n) is 17.7. The van der Waals surface area contributed by atoms with Gasteiger partial charge in [-0.1, -0.05) is 47.1 Å². The number of fused-ring (bicyclic) bond motifs is 1. The van der Waals surface area contributed by atoms with E-state index in [1.165, 1.54) is 0 Å². The van der Waals surface area contributed by atoms with E-state index in [1.807, 2.05) is 55.5 Å². The highest BCUT2D eigenvalue weighted by molar-refractivity contribution is 6.13. The molecule has 5 rings (SSSR count). The van der Waals surface area contributed by atoms with Gasteiger partial charge in [0.05, 0.1) is 22.3 Å². The lowest BCUT2D eigenvalue weighted by molar-refractivity contribution is 0.102. The molecule has 0 fully saturated rings. The average Bonchev–Trinajstić information content (AvgIpc) is 3.39. The first-order valence-electron chi connectivity index (χ1n) is 9.98. The number of pyridine rings is 1. The van der Waals surface area contributed by atoms with Crippen molar-refractivity contribution in [2.24, 2.45) is 7.05 Å². The maximum absolute atomic E-state index is 13.3. The number of nitrogens with one attached hydrogen (secondary N) is 1. The van der Waals surface area contributed by atoms with Gasteiger partial charge in [0.25, 0.3) is 11.6 Å². The van der Waals surface area contributed by atoms with Crippen molar-refractivity contribution in [2.75, 3.05) is 5.32 Å². The monoisotopic (exact) mass is 425 g/mol. The Bertz CT molecular complexity index is 1450. The van der Waals surface area contributed by atoms with Gasteiger partial charge in [0, 0.05) is 23.9 Å².